The number of anilines is 1. The van der Waals surface area contributed by atoms with Gasteiger partial charge in [-0.15, -0.1) is 16.9 Å². The number of amides is 1. The molecule has 2 aromatic carbocycles. The van der Waals surface area contributed by atoms with Crippen LogP contribution in [0.25, 0.3) is 16.9 Å². The van der Waals surface area contributed by atoms with Crippen molar-refractivity contribution in [1.82, 2.24) is 20.0 Å². The number of carbonyl (C=O) groups excluding carboxylic acids is 1. The van der Waals surface area contributed by atoms with E-state index >= 15 is 0 Å². The van der Waals surface area contributed by atoms with E-state index in [2.05, 4.69) is 20.6 Å². The predicted octanol–water partition coefficient (Wildman–Crippen LogP) is 3.79. The molecule has 0 fully saturated rings. The Balaban J connectivity index is 1.56. The van der Waals surface area contributed by atoms with Gasteiger partial charge in [0.05, 0.1) is 5.69 Å². The minimum absolute atomic E-state index is 0.156. The molecule has 0 radical (unpaired) electrons. The first-order chi connectivity index (χ1) is 12.7. The zero-order valence-electron chi connectivity index (χ0n) is 14.0. The second-order valence-electron chi connectivity index (χ2n) is 5.58. The van der Waals surface area contributed by atoms with Gasteiger partial charge >= 0.3 is 0 Å². The first-order valence-electron chi connectivity index (χ1n) is 7.97. The minimum atomic E-state index is -0.156. The van der Waals surface area contributed by atoms with Crippen molar-refractivity contribution < 1.29 is 4.79 Å². The van der Waals surface area contributed by atoms with E-state index in [0.717, 1.165) is 21.8 Å². The van der Waals surface area contributed by atoms with Crippen LogP contribution in [-0.2, 0) is 0 Å². The zero-order valence-corrected chi connectivity index (χ0v) is 14.8. The monoisotopic (exact) mass is 361 g/mol. The van der Waals surface area contributed by atoms with E-state index in [4.69, 9.17) is 0 Å². The molecule has 4 aromatic rings. The Kier molecular flexibility index (Phi) is 4.37. The topological polar surface area (TPSA) is 72.7 Å². The van der Waals surface area contributed by atoms with Crippen LogP contribution in [0.3, 0.4) is 0 Å². The van der Waals surface area contributed by atoms with Gasteiger partial charge in [-0.1, -0.05) is 11.3 Å². The summed E-state index contributed by atoms with van der Waals surface area (Å²) in [6.07, 6.45) is 3.70. The van der Waals surface area contributed by atoms with Crippen molar-refractivity contribution >= 4 is 34.5 Å². The Morgan fingerprint density at radius 1 is 1.08 bits per heavy atom. The van der Waals surface area contributed by atoms with Crippen LogP contribution in [0.1, 0.15) is 10.4 Å². The lowest BCUT2D eigenvalue weighted by molar-refractivity contribution is 0.102. The molecule has 0 aliphatic heterocycles. The van der Waals surface area contributed by atoms with Gasteiger partial charge in [0.15, 0.2) is 5.65 Å². The number of thioether (sulfide) groups is 1. The first-order valence-corrected chi connectivity index (χ1v) is 9.19. The van der Waals surface area contributed by atoms with Gasteiger partial charge in [0.2, 0.25) is 0 Å². The fourth-order valence-corrected chi connectivity index (χ4v) is 3.06. The molecule has 1 N–H and O–H groups in total. The highest BCUT2D eigenvalue weighted by Gasteiger charge is 2.10. The van der Waals surface area contributed by atoms with Crippen LogP contribution in [0.5, 0.6) is 0 Å². The lowest BCUT2D eigenvalue weighted by atomic mass is 10.2. The second-order valence-corrected chi connectivity index (χ2v) is 6.46. The van der Waals surface area contributed by atoms with Crippen molar-refractivity contribution in [3.8, 4) is 5.69 Å². The number of aromatic nitrogens is 4. The van der Waals surface area contributed by atoms with E-state index in [-0.39, 0.29) is 5.91 Å². The smallest absolute Gasteiger partial charge is 0.255 e. The molecule has 6 nitrogen and oxygen atoms in total. The number of nitrogens with zero attached hydrogens (tertiary/aromatic N) is 4. The highest BCUT2D eigenvalue weighted by atomic mass is 32.2. The Bertz CT molecular complexity index is 1070. The van der Waals surface area contributed by atoms with Crippen LogP contribution in [0, 0.1) is 0 Å². The van der Waals surface area contributed by atoms with Gasteiger partial charge in [0.25, 0.3) is 5.91 Å². The first kappa shape index (κ1) is 16.3. The normalized spacial score (nSPS) is 10.8. The number of fused-ring (bicyclic) bond motifs is 1. The lowest BCUT2D eigenvalue weighted by Crippen LogP contribution is -2.12. The predicted molar refractivity (Wildman–Crippen MR) is 103 cm³/mol. The Hall–Kier alpha value is -3.19. The zero-order chi connectivity index (χ0) is 17.9. The van der Waals surface area contributed by atoms with Crippen molar-refractivity contribution in [2.45, 2.75) is 4.90 Å². The molecular formula is C19H15N5OS. The van der Waals surface area contributed by atoms with Crippen LogP contribution < -0.4 is 5.32 Å². The molecule has 0 unspecified atom stereocenters. The number of hydrogen-bond donors (Lipinski definition) is 1. The van der Waals surface area contributed by atoms with E-state index in [1.165, 1.54) is 0 Å². The van der Waals surface area contributed by atoms with Gasteiger partial charge < -0.3 is 5.32 Å². The summed E-state index contributed by atoms with van der Waals surface area (Å²) in [4.78, 5) is 17.9. The van der Waals surface area contributed by atoms with Crippen LogP contribution in [0.2, 0.25) is 0 Å². The molecule has 7 heteroatoms. The number of hydrogen-bond acceptors (Lipinski definition) is 5. The fraction of sp³-hybridized carbons (Fsp3) is 0.0526. The lowest BCUT2D eigenvalue weighted by Gasteiger charge is -2.07. The van der Waals surface area contributed by atoms with Crippen molar-refractivity contribution in [3.63, 3.8) is 0 Å². The van der Waals surface area contributed by atoms with Crippen molar-refractivity contribution in [3.05, 3.63) is 72.4 Å². The third-order valence-electron chi connectivity index (χ3n) is 3.91. The SMILES string of the molecule is CSc1cccc(NC(=O)c2ccc(-n3nnc4cccnc43)cc2)c1. The average Bonchev–Trinajstić information content (AvgIpc) is 3.12. The van der Waals surface area contributed by atoms with Gasteiger partial charge in [0.1, 0.15) is 5.52 Å². The van der Waals surface area contributed by atoms with Crippen LogP contribution in [0.4, 0.5) is 5.69 Å². The largest absolute Gasteiger partial charge is 0.322 e. The Morgan fingerprint density at radius 2 is 1.92 bits per heavy atom. The van der Waals surface area contributed by atoms with Crippen molar-refractivity contribution in [2.75, 3.05) is 11.6 Å². The molecule has 0 atom stereocenters. The third kappa shape index (κ3) is 3.16. The number of carbonyl (C=O) groups is 1. The summed E-state index contributed by atoms with van der Waals surface area (Å²) in [6.45, 7) is 0. The molecule has 2 aromatic heterocycles. The summed E-state index contributed by atoms with van der Waals surface area (Å²) >= 11 is 1.63. The average molecular weight is 361 g/mol. The molecule has 0 saturated carbocycles. The van der Waals surface area contributed by atoms with E-state index in [0.29, 0.717) is 11.2 Å². The Labute approximate surface area is 154 Å². The molecule has 0 bridgehead atoms. The van der Waals surface area contributed by atoms with Crippen LogP contribution >= 0.6 is 11.8 Å². The molecule has 0 aliphatic carbocycles. The maximum absolute atomic E-state index is 12.5. The van der Waals surface area contributed by atoms with Gasteiger partial charge in [-0.05, 0) is 60.9 Å². The maximum atomic E-state index is 12.5. The molecule has 0 aliphatic rings. The molecule has 0 saturated heterocycles. The van der Waals surface area contributed by atoms with E-state index in [1.54, 1.807) is 34.8 Å². The third-order valence-corrected chi connectivity index (χ3v) is 4.64. The highest BCUT2D eigenvalue weighted by Crippen LogP contribution is 2.20. The van der Waals surface area contributed by atoms with E-state index in [9.17, 15) is 4.79 Å². The Morgan fingerprint density at radius 3 is 2.73 bits per heavy atom. The van der Waals surface area contributed by atoms with Gasteiger partial charge in [-0.2, -0.15) is 4.68 Å². The molecule has 4 rings (SSSR count). The number of nitrogens with one attached hydrogen (secondary N) is 1. The highest BCUT2D eigenvalue weighted by molar-refractivity contribution is 7.98. The summed E-state index contributed by atoms with van der Waals surface area (Å²) in [5, 5.41) is 11.1. The maximum Gasteiger partial charge on any atom is 0.255 e. The summed E-state index contributed by atoms with van der Waals surface area (Å²) in [5.74, 6) is -0.156. The van der Waals surface area contributed by atoms with Crippen LogP contribution in [-0.4, -0.2) is 32.1 Å². The summed E-state index contributed by atoms with van der Waals surface area (Å²) in [6, 6.07) is 18.6. The van der Waals surface area contributed by atoms with Crippen molar-refractivity contribution in [2.24, 2.45) is 0 Å². The number of pyridine rings is 1. The standard InChI is InChI=1S/C19H15N5OS/c1-26-16-5-2-4-14(12-16)21-19(25)13-7-9-15(10-8-13)24-18-17(22-23-24)6-3-11-20-18/h2-12H,1H3,(H,21,25). The molecule has 2 heterocycles. The fourth-order valence-electron chi connectivity index (χ4n) is 2.60. The van der Waals surface area contributed by atoms with Gasteiger partial charge in [-0.3, -0.25) is 4.79 Å². The minimum Gasteiger partial charge on any atom is -0.322 e. The van der Waals surface area contributed by atoms with E-state index in [1.807, 2.05) is 54.8 Å². The van der Waals surface area contributed by atoms with Crippen LogP contribution in [0.15, 0.2) is 71.8 Å². The molecular weight excluding hydrogens is 346 g/mol. The van der Waals surface area contributed by atoms with Gasteiger partial charge in [-0.25, -0.2) is 4.98 Å². The second kappa shape index (κ2) is 6.97. The summed E-state index contributed by atoms with van der Waals surface area (Å²) < 4.78 is 1.65. The van der Waals surface area contributed by atoms with Crippen molar-refractivity contribution in [1.29, 1.82) is 0 Å². The summed E-state index contributed by atoms with van der Waals surface area (Å²) in [7, 11) is 0. The molecule has 1 amide bonds. The molecule has 128 valence electrons. The number of benzene rings is 2. The molecule has 0 spiro atoms. The van der Waals surface area contributed by atoms with E-state index < -0.39 is 0 Å². The molecule has 26 heavy (non-hydrogen) atoms. The summed E-state index contributed by atoms with van der Waals surface area (Å²) in [5.41, 5.74) is 3.55. The number of rotatable bonds is 4. The quantitative estimate of drug-likeness (QED) is 0.560. The van der Waals surface area contributed by atoms with Gasteiger partial charge in [0, 0.05) is 22.3 Å².